The van der Waals surface area contributed by atoms with Gasteiger partial charge < -0.3 is 10.2 Å². The second kappa shape index (κ2) is 7.22. The van der Waals surface area contributed by atoms with Crippen LogP contribution in [0.3, 0.4) is 0 Å². The fraction of sp³-hybridized carbons (Fsp3) is 0.188. The highest BCUT2D eigenvalue weighted by Crippen LogP contribution is 2.15. The van der Waals surface area contributed by atoms with Crippen molar-refractivity contribution in [1.29, 1.82) is 0 Å². The van der Waals surface area contributed by atoms with Gasteiger partial charge >= 0.3 is 0 Å². The molecule has 3 nitrogen and oxygen atoms in total. The Hall–Kier alpha value is -1.88. The molecule has 0 heterocycles. The number of benzene rings is 2. The summed E-state index contributed by atoms with van der Waals surface area (Å²) in [5.74, 6) is -0.928. The van der Waals surface area contributed by atoms with Gasteiger partial charge in [-0.25, -0.2) is 4.39 Å². The maximum absolute atomic E-state index is 13.6. The van der Waals surface area contributed by atoms with E-state index in [1.165, 1.54) is 12.1 Å². The normalized spacial score (nSPS) is 10.2. The number of anilines is 1. The van der Waals surface area contributed by atoms with E-state index >= 15 is 0 Å². The minimum Gasteiger partial charge on any atom is -0.373 e. The number of halogens is 2. The molecule has 1 N–H and O–H groups in total. The summed E-state index contributed by atoms with van der Waals surface area (Å²) < 4.78 is 14.3. The topological polar surface area (TPSA) is 32.3 Å². The van der Waals surface area contributed by atoms with Gasteiger partial charge in [0.25, 0.3) is 5.91 Å². The summed E-state index contributed by atoms with van der Waals surface area (Å²) in [4.78, 5) is 14.0. The Labute approximate surface area is 131 Å². The molecule has 0 aliphatic heterocycles. The third kappa shape index (κ3) is 4.29. The number of likely N-dealkylation sites (N-methyl/N-ethyl adjacent to an activating group) is 1. The molecule has 21 heavy (non-hydrogen) atoms. The second-order valence-corrected chi connectivity index (χ2v) is 5.55. The van der Waals surface area contributed by atoms with Crippen molar-refractivity contribution in [3.63, 3.8) is 0 Å². The van der Waals surface area contributed by atoms with Crippen molar-refractivity contribution in [2.24, 2.45) is 0 Å². The minimum absolute atomic E-state index is 0.0479. The zero-order valence-corrected chi connectivity index (χ0v) is 13.2. The average molecular weight is 351 g/mol. The lowest BCUT2D eigenvalue weighted by Gasteiger charge is -2.19. The summed E-state index contributed by atoms with van der Waals surface area (Å²) in [7, 11) is 1.95. The first-order chi connectivity index (χ1) is 10.1. The summed E-state index contributed by atoms with van der Waals surface area (Å²) in [6, 6.07) is 14.2. The summed E-state index contributed by atoms with van der Waals surface area (Å²) in [6.45, 7) is 1.08. The molecule has 0 radical (unpaired) electrons. The van der Waals surface area contributed by atoms with Gasteiger partial charge in [0.15, 0.2) is 0 Å². The van der Waals surface area contributed by atoms with Crippen LogP contribution in [0.1, 0.15) is 10.4 Å². The molecule has 0 fully saturated rings. The predicted molar refractivity (Wildman–Crippen MR) is 86.1 cm³/mol. The van der Waals surface area contributed by atoms with Gasteiger partial charge in [-0.2, -0.15) is 0 Å². The number of nitrogens with zero attached hydrogens (tertiary/aromatic N) is 1. The smallest absolute Gasteiger partial charge is 0.254 e. The molecule has 1 amide bonds. The standard InChI is InChI=1S/C16H16BrFN2O/c1-20(13-5-3-2-4-6-13)10-9-19-16(21)14-11-12(17)7-8-15(14)18/h2-8,11H,9-10H2,1H3,(H,19,21). The van der Waals surface area contributed by atoms with Crippen molar-refractivity contribution in [3.8, 4) is 0 Å². The van der Waals surface area contributed by atoms with Gasteiger partial charge in [0.05, 0.1) is 5.56 Å². The number of nitrogens with one attached hydrogen (secondary N) is 1. The predicted octanol–water partition coefficient (Wildman–Crippen LogP) is 3.45. The third-order valence-electron chi connectivity index (χ3n) is 3.10. The highest BCUT2D eigenvalue weighted by atomic mass is 79.9. The summed E-state index contributed by atoms with van der Waals surface area (Å²) in [5, 5.41) is 2.73. The number of hydrogen-bond donors (Lipinski definition) is 1. The van der Waals surface area contributed by atoms with Gasteiger partial charge in [0, 0.05) is 30.3 Å². The van der Waals surface area contributed by atoms with Crippen LogP contribution in [0.25, 0.3) is 0 Å². The molecule has 5 heteroatoms. The highest BCUT2D eigenvalue weighted by molar-refractivity contribution is 9.10. The molecular weight excluding hydrogens is 335 g/mol. The van der Waals surface area contributed by atoms with Crippen LogP contribution < -0.4 is 10.2 Å². The van der Waals surface area contributed by atoms with Gasteiger partial charge in [-0.1, -0.05) is 34.1 Å². The molecule has 2 aromatic rings. The van der Waals surface area contributed by atoms with Crippen molar-refractivity contribution in [2.75, 3.05) is 25.0 Å². The molecule has 0 bridgehead atoms. The Kier molecular flexibility index (Phi) is 5.33. The fourth-order valence-electron chi connectivity index (χ4n) is 1.92. The molecule has 0 aromatic heterocycles. The quantitative estimate of drug-likeness (QED) is 0.895. The Morgan fingerprint density at radius 3 is 2.67 bits per heavy atom. The lowest BCUT2D eigenvalue weighted by atomic mass is 10.2. The molecule has 0 saturated carbocycles. The summed E-state index contributed by atoms with van der Waals surface area (Å²) >= 11 is 3.23. The van der Waals surface area contributed by atoms with E-state index in [9.17, 15) is 9.18 Å². The van der Waals surface area contributed by atoms with E-state index in [4.69, 9.17) is 0 Å². The monoisotopic (exact) mass is 350 g/mol. The van der Waals surface area contributed by atoms with Gasteiger partial charge in [-0.05, 0) is 30.3 Å². The molecule has 2 aromatic carbocycles. The van der Waals surface area contributed by atoms with Crippen LogP contribution in [-0.4, -0.2) is 26.0 Å². The maximum Gasteiger partial charge on any atom is 0.254 e. The molecule has 0 saturated heterocycles. The molecule has 0 aliphatic carbocycles. The Balaban J connectivity index is 1.88. The Morgan fingerprint density at radius 2 is 1.95 bits per heavy atom. The van der Waals surface area contributed by atoms with Crippen LogP contribution in [0.2, 0.25) is 0 Å². The summed E-state index contributed by atoms with van der Waals surface area (Å²) in [6.07, 6.45) is 0. The van der Waals surface area contributed by atoms with Gasteiger partial charge in [-0.3, -0.25) is 4.79 Å². The maximum atomic E-state index is 13.6. The van der Waals surface area contributed by atoms with Gasteiger partial charge in [0.2, 0.25) is 0 Å². The molecule has 0 aliphatic rings. The lowest BCUT2D eigenvalue weighted by molar-refractivity contribution is 0.0950. The molecule has 0 atom stereocenters. The van der Waals surface area contributed by atoms with Crippen molar-refractivity contribution < 1.29 is 9.18 Å². The van der Waals surface area contributed by atoms with E-state index in [0.717, 1.165) is 5.69 Å². The first-order valence-corrected chi connectivity index (χ1v) is 7.36. The Bertz CT molecular complexity index is 619. The second-order valence-electron chi connectivity index (χ2n) is 4.64. The number of carbonyl (C=O) groups excluding carboxylic acids is 1. The Morgan fingerprint density at radius 1 is 1.24 bits per heavy atom. The third-order valence-corrected chi connectivity index (χ3v) is 3.60. The number of carbonyl (C=O) groups is 1. The first kappa shape index (κ1) is 15.5. The van der Waals surface area contributed by atoms with Gasteiger partial charge in [0.1, 0.15) is 5.82 Å². The molecule has 0 unspecified atom stereocenters. The van der Waals surface area contributed by atoms with Crippen LogP contribution in [0.4, 0.5) is 10.1 Å². The lowest BCUT2D eigenvalue weighted by Crippen LogP contribution is -2.33. The van der Waals surface area contributed by atoms with E-state index < -0.39 is 11.7 Å². The van der Waals surface area contributed by atoms with E-state index in [1.807, 2.05) is 42.3 Å². The van der Waals surface area contributed by atoms with Crippen LogP contribution in [0, 0.1) is 5.82 Å². The SMILES string of the molecule is CN(CCNC(=O)c1cc(Br)ccc1F)c1ccccc1. The van der Waals surface area contributed by atoms with Crippen LogP contribution in [0.5, 0.6) is 0 Å². The highest BCUT2D eigenvalue weighted by Gasteiger charge is 2.11. The van der Waals surface area contributed by atoms with Crippen molar-refractivity contribution in [2.45, 2.75) is 0 Å². The number of para-hydroxylation sites is 1. The van der Waals surface area contributed by atoms with Crippen LogP contribution in [-0.2, 0) is 0 Å². The number of amides is 1. The van der Waals surface area contributed by atoms with Crippen molar-refractivity contribution in [1.82, 2.24) is 5.32 Å². The molecule has 110 valence electrons. The van der Waals surface area contributed by atoms with E-state index in [1.54, 1.807) is 6.07 Å². The zero-order chi connectivity index (χ0) is 15.2. The van der Waals surface area contributed by atoms with Gasteiger partial charge in [-0.15, -0.1) is 0 Å². The van der Waals surface area contributed by atoms with E-state index in [2.05, 4.69) is 21.2 Å². The average Bonchev–Trinajstić information content (AvgIpc) is 2.50. The number of rotatable bonds is 5. The van der Waals surface area contributed by atoms with Crippen LogP contribution >= 0.6 is 15.9 Å². The van der Waals surface area contributed by atoms with Crippen molar-refractivity contribution in [3.05, 3.63) is 64.4 Å². The van der Waals surface area contributed by atoms with Crippen LogP contribution in [0.15, 0.2) is 53.0 Å². The summed E-state index contributed by atoms with van der Waals surface area (Å²) in [5.41, 5.74) is 1.12. The molecule has 0 spiro atoms. The minimum atomic E-state index is -0.521. The molecular formula is C16H16BrFN2O. The molecule has 2 rings (SSSR count). The van der Waals surface area contributed by atoms with Crippen molar-refractivity contribution >= 4 is 27.5 Å². The van der Waals surface area contributed by atoms with E-state index in [0.29, 0.717) is 17.6 Å². The fourth-order valence-corrected chi connectivity index (χ4v) is 2.28. The van der Waals surface area contributed by atoms with E-state index in [-0.39, 0.29) is 5.56 Å². The number of hydrogen-bond acceptors (Lipinski definition) is 2. The first-order valence-electron chi connectivity index (χ1n) is 6.57. The largest absolute Gasteiger partial charge is 0.373 e. The zero-order valence-electron chi connectivity index (χ0n) is 11.6.